The molecule has 0 spiro atoms. The van der Waals surface area contributed by atoms with Crippen LogP contribution in [-0.2, 0) is 0 Å². The van der Waals surface area contributed by atoms with E-state index in [1.807, 2.05) is 24.3 Å². The normalized spacial score (nSPS) is 10.4. The summed E-state index contributed by atoms with van der Waals surface area (Å²) in [5, 5.41) is 0. The van der Waals surface area contributed by atoms with Gasteiger partial charge in [0.25, 0.3) is 0 Å². The lowest BCUT2D eigenvalue weighted by atomic mass is 10.2. The van der Waals surface area contributed by atoms with Crippen molar-refractivity contribution in [3.05, 3.63) is 24.3 Å². The second kappa shape index (κ2) is 9.37. The molecule has 0 saturated carbocycles. The van der Waals surface area contributed by atoms with E-state index >= 15 is 0 Å². The van der Waals surface area contributed by atoms with E-state index in [0.717, 1.165) is 49.9 Å². The van der Waals surface area contributed by atoms with Crippen molar-refractivity contribution in [2.24, 2.45) is 0 Å². The summed E-state index contributed by atoms with van der Waals surface area (Å²) < 4.78 is 11.2. The Balaban J connectivity index is 2.20. The molecule has 0 radical (unpaired) electrons. The van der Waals surface area contributed by atoms with Crippen LogP contribution >= 0.6 is 11.6 Å². The fourth-order valence-electron chi connectivity index (χ4n) is 1.42. The maximum absolute atomic E-state index is 5.62. The molecule has 0 aliphatic rings. The summed E-state index contributed by atoms with van der Waals surface area (Å²) in [5.41, 5.74) is 0. The van der Waals surface area contributed by atoms with E-state index in [1.165, 1.54) is 16.3 Å². The van der Waals surface area contributed by atoms with Gasteiger partial charge in [0.2, 0.25) is 0 Å². The number of unbranched alkanes of at least 4 members (excludes halogenated alkanes) is 2. The minimum atomic E-state index is 0.742. The first-order chi connectivity index (χ1) is 8.36. The van der Waals surface area contributed by atoms with Crippen LogP contribution in [0.4, 0.5) is 0 Å². The standard InChI is InChI=1S/C13H21ClO2Si/c14-8-2-1-3-9-15-12-4-6-13(7-5-12)16-10-11-17/h4-7H,1-3,8-11H2,17H3. The molecule has 0 fully saturated rings. The number of ether oxygens (including phenoxy) is 2. The molecule has 1 aromatic carbocycles. The highest BCUT2D eigenvalue weighted by molar-refractivity contribution is 6.17. The fourth-order valence-corrected chi connectivity index (χ4v) is 1.81. The summed E-state index contributed by atoms with van der Waals surface area (Å²) in [6.07, 6.45) is 3.26. The number of halogens is 1. The first kappa shape index (κ1) is 14.4. The third kappa shape index (κ3) is 6.59. The molecular weight excluding hydrogens is 252 g/mol. The van der Waals surface area contributed by atoms with Crippen LogP contribution in [0.3, 0.4) is 0 Å². The van der Waals surface area contributed by atoms with Gasteiger partial charge in [-0.3, -0.25) is 0 Å². The summed E-state index contributed by atoms with van der Waals surface area (Å²) >= 11 is 5.60. The molecule has 0 unspecified atom stereocenters. The number of hydrogen-bond acceptors (Lipinski definition) is 2. The van der Waals surface area contributed by atoms with Crippen molar-refractivity contribution >= 4 is 21.8 Å². The molecule has 0 atom stereocenters. The summed E-state index contributed by atoms with van der Waals surface area (Å²) in [5.74, 6) is 2.58. The molecule has 2 nitrogen and oxygen atoms in total. The van der Waals surface area contributed by atoms with Crippen molar-refractivity contribution in [2.45, 2.75) is 25.3 Å². The monoisotopic (exact) mass is 272 g/mol. The van der Waals surface area contributed by atoms with Gasteiger partial charge in [-0.2, -0.15) is 0 Å². The topological polar surface area (TPSA) is 18.5 Å². The van der Waals surface area contributed by atoms with Crippen LogP contribution in [-0.4, -0.2) is 29.3 Å². The fraction of sp³-hybridized carbons (Fsp3) is 0.538. The molecule has 0 aromatic heterocycles. The Bertz CT molecular complexity index is 290. The highest BCUT2D eigenvalue weighted by Gasteiger charge is 1.96. The third-order valence-electron chi connectivity index (χ3n) is 2.34. The van der Waals surface area contributed by atoms with Gasteiger partial charge in [-0.1, -0.05) is 0 Å². The van der Waals surface area contributed by atoms with Crippen LogP contribution in [0.5, 0.6) is 11.5 Å². The van der Waals surface area contributed by atoms with E-state index in [-0.39, 0.29) is 0 Å². The van der Waals surface area contributed by atoms with Crippen LogP contribution in [0.2, 0.25) is 6.04 Å². The lowest BCUT2D eigenvalue weighted by Crippen LogP contribution is -1.98. The number of benzene rings is 1. The minimum absolute atomic E-state index is 0.742. The van der Waals surface area contributed by atoms with Gasteiger partial charge in [0.1, 0.15) is 11.5 Å². The molecule has 0 saturated heterocycles. The van der Waals surface area contributed by atoms with Gasteiger partial charge in [-0.25, -0.2) is 0 Å². The number of hydrogen-bond donors (Lipinski definition) is 0. The zero-order chi connectivity index (χ0) is 12.3. The van der Waals surface area contributed by atoms with Gasteiger partial charge in [-0.15, -0.1) is 11.6 Å². The highest BCUT2D eigenvalue weighted by Crippen LogP contribution is 2.18. The van der Waals surface area contributed by atoms with E-state index in [1.54, 1.807) is 0 Å². The molecule has 4 heteroatoms. The Labute approximate surface area is 112 Å². The summed E-state index contributed by atoms with van der Waals surface area (Å²) in [6.45, 7) is 1.59. The molecule has 0 amide bonds. The van der Waals surface area contributed by atoms with Gasteiger partial charge in [-0.05, 0) is 49.6 Å². The minimum Gasteiger partial charge on any atom is -0.494 e. The van der Waals surface area contributed by atoms with E-state index in [4.69, 9.17) is 21.1 Å². The van der Waals surface area contributed by atoms with E-state index in [2.05, 4.69) is 0 Å². The van der Waals surface area contributed by atoms with Crippen molar-refractivity contribution in [2.75, 3.05) is 19.1 Å². The maximum atomic E-state index is 5.62. The van der Waals surface area contributed by atoms with Crippen molar-refractivity contribution in [1.29, 1.82) is 0 Å². The lowest BCUT2D eigenvalue weighted by molar-refractivity contribution is 0.304. The zero-order valence-corrected chi connectivity index (χ0v) is 13.2. The molecule has 0 aliphatic heterocycles. The molecule has 17 heavy (non-hydrogen) atoms. The molecule has 96 valence electrons. The van der Waals surface area contributed by atoms with Gasteiger partial charge >= 0.3 is 0 Å². The Kier molecular flexibility index (Phi) is 7.93. The van der Waals surface area contributed by atoms with Crippen molar-refractivity contribution in [3.8, 4) is 11.5 Å². The lowest BCUT2D eigenvalue weighted by Gasteiger charge is -2.07. The quantitative estimate of drug-likeness (QED) is 0.391. The molecule has 0 N–H and O–H groups in total. The Morgan fingerprint density at radius 1 is 0.882 bits per heavy atom. The average molecular weight is 273 g/mol. The Hall–Kier alpha value is -0.673. The van der Waals surface area contributed by atoms with Crippen molar-refractivity contribution in [1.82, 2.24) is 0 Å². The second-order valence-corrected chi connectivity index (χ2v) is 5.30. The zero-order valence-electron chi connectivity index (χ0n) is 10.5. The summed E-state index contributed by atoms with van der Waals surface area (Å²) in [4.78, 5) is 0. The highest BCUT2D eigenvalue weighted by atomic mass is 35.5. The first-order valence-electron chi connectivity index (χ1n) is 6.28. The molecule has 0 heterocycles. The largest absolute Gasteiger partial charge is 0.494 e. The molecule has 0 bridgehead atoms. The average Bonchev–Trinajstić information content (AvgIpc) is 2.37. The number of rotatable bonds is 9. The Morgan fingerprint density at radius 3 is 2.00 bits per heavy atom. The smallest absolute Gasteiger partial charge is 0.119 e. The summed E-state index contributed by atoms with van der Waals surface area (Å²) in [7, 11) is 1.19. The Morgan fingerprint density at radius 2 is 1.47 bits per heavy atom. The van der Waals surface area contributed by atoms with Crippen molar-refractivity contribution in [3.63, 3.8) is 0 Å². The predicted molar refractivity (Wildman–Crippen MR) is 76.7 cm³/mol. The summed E-state index contributed by atoms with van der Waals surface area (Å²) in [6, 6.07) is 9.02. The van der Waals surface area contributed by atoms with Crippen LogP contribution in [0.15, 0.2) is 24.3 Å². The van der Waals surface area contributed by atoms with E-state index in [0.29, 0.717) is 0 Å². The maximum Gasteiger partial charge on any atom is 0.119 e. The van der Waals surface area contributed by atoms with E-state index in [9.17, 15) is 0 Å². The molecule has 0 aliphatic carbocycles. The predicted octanol–water partition coefficient (Wildman–Crippen LogP) is 2.64. The van der Waals surface area contributed by atoms with Crippen LogP contribution in [0.25, 0.3) is 0 Å². The third-order valence-corrected chi connectivity index (χ3v) is 3.02. The van der Waals surface area contributed by atoms with Gasteiger partial charge < -0.3 is 9.47 Å². The second-order valence-electron chi connectivity index (χ2n) is 3.92. The molecular formula is C13H21ClO2Si. The van der Waals surface area contributed by atoms with Crippen LogP contribution in [0, 0.1) is 0 Å². The van der Waals surface area contributed by atoms with Crippen LogP contribution < -0.4 is 9.47 Å². The van der Waals surface area contributed by atoms with Crippen molar-refractivity contribution < 1.29 is 9.47 Å². The molecule has 1 aromatic rings. The van der Waals surface area contributed by atoms with Crippen LogP contribution in [0.1, 0.15) is 19.3 Å². The SMILES string of the molecule is [SiH3]CCOc1ccc(OCCCCCCl)cc1. The van der Waals surface area contributed by atoms with E-state index < -0.39 is 0 Å². The van der Waals surface area contributed by atoms with Gasteiger partial charge in [0.15, 0.2) is 0 Å². The molecule has 1 rings (SSSR count). The van der Waals surface area contributed by atoms with Gasteiger partial charge in [0.05, 0.1) is 13.2 Å². The van der Waals surface area contributed by atoms with Gasteiger partial charge in [0, 0.05) is 16.1 Å². The number of alkyl halides is 1. The first-order valence-corrected chi connectivity index (χ1v) is 8.23.